The van der Waals surface area contributed by atoms with E-state index < -0.39 is 5.97 Å². The second-order valence-electron chi connectivity index (χ2n) is 5.67. The highest BCUT2D eigenvalue weighted by atomic mass is 16.4. The van der Waals surface area contributed by atoms with Crippen LogP contribution in [0.15, 0.2) is 24.3 Å². The van der Waals surface area contributed by atoms with Crippen molar-refractivity contribution in [1.29, 1.82) is 0 Å². The van der Waals surface area contributed by atoms with Crippen molar-refractivity contribution >= 4 is 11.9 Å². The standard InChI is InChI=1S/C17H25NO3/c1-13(2)18(11-5-8-17(20)21)16(19)10-9-15-7-4-6-14(3)12-15/h4,6-7,12-13H,5,8-11H2,1-3H3,(H,20,21). The normalized spacial score (nSPS) is 10.7. The van der Waals surface area contributed by atoms with E-state index in [4.69, 9.17) is 5.11 Å². The molecule has 0 bridgehead atoms. The van der Waals surface area contributed by atoms with Gasteiger partial charge in [-0.2, -0.15) is 0 Å². The van der Waals surface area contributed by atoms with Gasteiger partial charge in [0.05, 0.1) is 0 Å². The summed E-state index contributed by atoms with van der Waals surface area (Å²) in [6.07, 6.45) is 1.80. The molecule has 1 rings (SSSR count). The molecule has 1 aromatic rings. The number of carboxylic acids is 1. The van der Waals surface area contributed by atoms with E-state index in [1.54, 1.807) is 4.90 Å². The monoisotopic (exact) mass is 291 g/mol. The molecule has 0 radical (unpaired) electrons. The Balaban J connectivity index is 2.50. The Bertz CT molecular complexity index is 483. The smallest absolute Gasteiger partial charge is 0.303 e. The highest BCUT2D eigenvalue weighted by Gasteiger charge is 2.16. The van der Waals surface area contributed by atoms with Gasteiger partial charge in [-0.3, -0.25) is 9.59 Å². The molecule has 4 nitrogen and oxygen atoms in total. The Labute approximate surface area is 126 Å². The van der Waals surface area contributed by atoms with Crippen molar-refractivity contribution in [2.75, 3.05) is 6.54 Å². The Morgan fingerprint density at radius 2 is 1.95 bits per heavy atom. The fraction of sp³-hybridized carbons (Fsp3) is 0.529. The van der Waals surface area contributed by atoms with Crippen LogP contribution in [0.4, 0.5) is 0 Å². The molecule has 0 aromatic heterocycles. The highest BCUT2D eigenvalue weighted by Crippen LogP contribution is 2.10. The van der Waals surface area contributed by atoms with Gasteiger partial charge in [0.15, 0.2) is 0 Å². The van der Waals surface area contributed by atoms with E-state index in [0.29, 0.717) is 19.4 Å². The van der Waals surface area contributed by atoms with Crippen LogP contribution in [0.1, 0.15) is 44.2 Å². The number of hydrogen-bond donors (Lipinski definition) is 1. The second-order valence-corrected chi connectivity index (χ2v) is 5.67. The predicted octanol–water partition coefficient (Wildman–Crippen LogP) is 3.03. The fourth-order valence-electron chi connectivity index (χ4n) is 2.33. The summed E-state index contributed by atoms with van der Waals surface area (Å²) in [6, 6.07) is 8.27. The minimum Gasteiger partial charge on any atom is -0.481 e. The van der Waals surface area contributed by atoms with E-state index in [1.807, 2.05) is 39.0 Å². The summed E-state index contributed by atoms with van der Waals surface area (Å²) in [5.74, 6) is -0.720. The van der Waals surface area contributed by atoms with Gasteiger partial charge in [0.25, 0.3) is 0 Å². The van der Waals surface area contributed by atoms with E-state index in [1.165, 1.54) is 5.56 Å². The maximum atomic E-state index is 12.3. The van der Waals surface area contributed by atoms with Crippen LogP contribution in [0.5, 0.6) is 0 Å². The summed E-state index contributed by atoms with van der Waals surface area (Å²) >= 11 is 0. The van der Waals surface area contributed by atoms with E-state index >= 15 is 0 Å². The molecule has 0 aliphatic heterocycles. The number of carbonyl (C=O) groups excluding carboxylic acids is 1. The molecule has 0 aliphatic carbocycles. The summed E-state index contributed by atoms with van der Waals surface area (Å²) in [5, 5.41) is 8.68. The summed E-state index contributed by atoms with van der Waals surface area (Å²) < 4.78 is 0. The van der Waals surface area contributed by atoms with E-state index in [-0.39, 0.29) is 18.4 Å². The third-order valence-electron chi connectivity index (χ3n) is 3.44. The third-order valence-corrected chi connectivity index (χ3v) is 3.44. The van der Waals surface area contributed by atoms with Crippen molar-refractivity contribution in [2.24, 2.45) is 0 Å². The molecular weight excluding hydrogens is 266 g/mol. The minimum atomic E-state index is -0.814. The van der Waals surface area contributed by atoms with Crippen LogP contribution in [0, 0.1) is 6.92 Å². The zero-order chi connectivity index (χ0) is 15.8. The Morgan fingerprint density at radius 3 is 2.52 bits per heavy atom. The van der Waals surface area contributed by atoms with E-state index in [0.717, 1.165) is 12.0 Å². The molecule has 0 spiro atoms. The van der Waals surface area contributed by atoms with Crippen LogP contribution in [0.3, 0.4) is 0 Å². The van der Waals surface area contributed by atoms with Gasteiger partial charge in [-0.15, -0.1) is 0 Å². The maximum Gasteiger partial charge on any atom is 0.303 e. The maximum absolute atomic E-state index is 12.3. The number of amides is 1. The number of rotatable bonds is 8. The van der Waals surface area contributed by atoms with E-state index in [2.05, 4.69) is 6.07 Å². The first-order valence-electron chi connectivity index (χ1n) is 7.47. The van der Waals surface area contributed by atoms with Gasteiger partial charge in [0.2, 0.25) is 5.91 Å². The summed E-state index contributed by atoms with van der Waals surface area (Å²) in [7, 11) is 0. The van der Waals surface area contributed by atoms with Crippen LogP contribution in [0.25, 0.3) is 0 Å². The highest BCUT2D eigenvalue weighted by molar-refractivity contribution is 5.76. The van der Waals surface area contributed by atoms with Gasteiger partial charge in [-0.25, -0.2) is 0 Å². The first-order chi connectivity index (χ1) is 9.90. The molecule has 0 unspecified atom stereocenters. The SMILES string of the molecule is Cc1cccc(CCC(=O)N(CCCC(=O)O)C(C)C)c1. The summed E-state index contributed by atoms with van der Waals surface area (Å²) in [5.41, 5.74) is 2.36. The molecule has 1 aromatic carbocycles. The molecule has 0 aliphatic rings. The van der Waals surface area contributed by atoms with Crippen LogP contribution in [-0.2, 0) is 16.0 Å². The van der Waals surface area contributed by atoms with Crippen molar-refractivity contribution in [3.05, 3.63) is 35.4 Å². The average Bonchev–Trinajstić information content (AvgIpc) is 2.40. The van der Waals surface area contributed by atoms with Gasteiger partial charge in [-0.05, 0) is 39.2 Å². The lowest BCUT2D eigenvalue weighted by atomic mass is 10.1. The molecule has 0 heterocycles. The van der Waals surface area contributed by atoms with Gasteiger partial charge in [-0.1, -0.05) is 29.8 Å². The van der Waals surface area contributed by atoms with Crippen LogP contribution >= 0.6 is 0 Å². The Hall–Kier alpha value is -1.84. The van der Waals surface area contributed by atoms with Crippen molar-refractivity contribution in [3.63, 3.8) is 0 Å². The molecule has 0 saturated carbocycles. The molecule has 0 fully saturated rings. The van der Waals surface area contributed by atoms with Crippen molar-refractivity contribution in [3.8, 4) is 0 Å². The molecular formula is C17H25NO3. The summed E-state index contributed by atoms with van der Waals surface area (Å²) in [4.78, 5) is 24.6. The van der Waals surface area contributed by atoms with Gasteiger partial charge < -0.3 is 10.0 Å². The molecule has 4 heteroatoms. The number of aliphatic carboxylic acids is 1. The van der Waals surface area contributed by atoms with Gasteiger partial charge in [0.1, 0.15) is 0 Å². The lowest BCUT2D eigenvalue weighted by molar-refractivity contribution is -0.138. The lowest BCUT2D eigenvalue weighted by Gasteiger charge is -2.26. The largest absolute Gasteiger partial charge is 0.481 e. The molecule has 1 N–H and O–H groups in total. The van der Waals surface area contributed by atoms with Crippen LogP contribution in [0.2, 0.25) is 0 Å². The predicted molar refractivity (Wildman–Crippen MR) is 83.2 cm³/mol. The lowest BCUT2D eigenvalue weighted by Crippen LogP contribution is -2.38. The topological polar surface area (TPSA) is 57.6 Å². The fourth-order valence-corrected chi connectivity index (χ4v) is 2.33. The third kappa shape index (κ3) is 6.43. The molecule has 21 heavy (non-hydrogen) atoms. The van der Waals surface area contributed by atoms with Crippen molar-refractivity contribution < 1.29 is 14.7 Å². The van der Waals surface area contributed by atoms with Crippen molar-refractivity contribution in [2.45, 2.75) is 52.5 Å². The molecule has 0 saturated heterocycles. The molecule has 1 amide bonds. The zero-order valence-corrected chi connectivity index (χ0v) is 13.1. The minimum absolute atomic E-state index is 0.0943. The van der Waals surface area contributed by atoms with Gasteiger partial charge in [0, 0.05) is 25.4 Å². The quantitative estimate of drug-likeness (QED) is 0.801. The number of carbonyl (C=O) groups is 2. The Morgan fingerprint density at radius 1 is 1.24 bits per heavy atom. The zero-order valence-electron chi connectivity index (χ0n) is 13.1. The first-order valence-corrected chi connectivity index (χ1v) is 7.47. The Kier molecular flexibility index (Phi) is 6.92. The number of hydrogen-bond acceptors (Lipinski definition) is 2. The number of benzene rings is 1. The van der Waals surface area contributed by atoms with Gasteiger partial charge >= 0.3 is 5.97 Å². The molecule has 116 valence electrons. The number of aryl methyl sites for hydroxylation is 2. The number of nitrogens with zero attached hydrogens (tertiary/aromatic N) is 1. The second kappa shape index (κ2) is 8.45. The first kappa shape index (κ1) is 17.2. The van der Waals surface area contributed by atoms with Crippen LogP contribution < -0.4 is 0 Å². The molecule has 0 atom stereocenters. The van der Waals surface area contributed by atoms with Crippen LogP contribution in [-0.4, -0.2) is 34.5 Å². The number of carboxylic acid groups (broad SMARTS) is 1. The van der Waals surface area contributed by atoms with E-state index in [9.17, 15) is 9.59 Å². The average molecular weight is 291 g/mol. The van der Waals surface area contributed by atoms with Crippen molar-refractivity contribution in [1.82, 2.24) is 4.90 Å². The summed E-state index contributed by atoms with van der Waals surface area (Å²) in [6.45, 7) is 6.48.